The minimum Gasteiger partial charge on any atom is -2.00 e. The number of hydrogen-bond donors (Lipinski definition) is 0. The van der Waals surface area contributed by atoms with Gasteiger partial charge in [-0.2, -0.15) is 0 Å². The van der Waals surface area contributed by atoms with E-state index < -0.39 is 0 Å². The van der Waals surface area contributed by atoms with Crippen LogP contribution in [-0.4, -0.2) is 425 Å². The zero-order chi connectivity index (χ0) is 0. The Labute approximate surface area is 548 Å². The van der Waals surface area contributed by atoms with Gasteiger partial charge in [0.15, 0.2) is 0 Å². The van der Waals surface area contributed by atoms with Crippen LogP contribution in [0, 0.1) is 0 Å². The molecular formula is Al14O25Sr4. The van der Waals surface area contributed by atoms with Crippen LogP contribution in [-0.2, 0) is 137 Å². The van der Waals surface area contributed by atoms with Crippen LogP contribution >= 0.6 is 0 Å². The summed E-state index contributed by atoms with van der Waals surface area (Å²) in [5.74, 6) is 0. The van der Waals surface area contributed by atoms with Crippen molar-refractivity contribution in [3.63, 3.8) is 0 Å². The number of hydrogen-bond acceptors (Lipinski definition) is 0. The van der Waals surface area contributed by atoms with Gasteiger partial charge in [-0.05, 0) is 0 Å². The zero-order valence-corrected chi connectivity index (χ0v) is 51.2. The summed E-state index contributed by atoms with van der Waals surface area (Å²) >= 11 is 0. The molecule has 0 saturated heterocycles. The molecule has 0 aliphatic rings. The van der Waals surface area contributed by atoms with Gasteiger partial charge in [0.1, 0.15) is 0 Å². The molecule has 0 aliphatic heterocycles. The van der Waals surface area contributed by atoms with Gasteiger partial charge in [-0.25, -0.2) is 0 Å². The summed E-state index contributed by atoms with van der Waals surface area (Å²) in [6, 6.07) is 0. The van der Waals surface area contributed by atoms with Crippen LogP contribution in [0.15, 0.2) is 0 Å². The summed E-state index contributed by atoms with van der Waals surface area (Å²) < 4.78 is 0. The molecule has 0 aromatic carbocycles. The molecule has 0 atom stereocenters. The molecule has 0 amide bonds. The van der Waals surface area contributed by atoms with Crippen LogP contribution in [0.4, 0.5) is 0 Å². The molecule has 0 spiro atoms. The summed E-state index contributed by atoms with van der Waals surface area (Å²) in [5.41, 5.74) is 0. The zero-order valence-electron chi connectivity index (χ0n) is 21.1. The molecule has 25 nitrogen and oxygen atoms in total. The molecule has 43 heavy (non-hydrogen) atoms. The second-order valence-corrected chi connectivity index (χ2v) is 0. The Morgan fingerprint density at radius 2 is 0.0698 bits per heavy atom. The number of rotatable bonds is 0. The second-order valence-electron chi connectivity index (χ2n) is 0. The van der Waals surface area contributed by atoms with Gasteiger partial charge in [0.05, 0.1) is 0 Å². The average molecular weight is 1130 g/mol. The quantitative estimate of drug-likeness (QED) is 0.204. The van der Waals surface area contributed by atoms with Crippen molar-refractivity contribution >= 4 is 425 Å². The van der Waals surface area contributed by atoms with Crippen molar-refractivity contribution in [2.75, 3.05) is 0 Å². The van der Waals surface area contributed by atoms with Gasteiger partial charge in [0.2, 0.25) is 0 Å². The monoisotopic (exact) mass is 1130 g/mol. The summed E-state index contributed by atoms with van der Waals surface area (Å²) in [6.45, 7) is 0. The molecule has 0 radical (unpaired) electrons. The van der Waals surface area contributed by atoms with Gasteiger partial charge in [-0.3, -0.25) is 0 Å². The Kier molecular flexibility index (Phi) is 25100. The molecular weight excluding hydrogens is 1130 g/mol. The fraction of sp³-hybridized carbons (Fsp3) is 0. The fourth-order valence-corrected chi connectivity index (χ4v) is 0. The molecule has 0 fully saturated rings. The molecule has 0 saturated carbocycles. The topological polar surface area (TPSA) is 712 Å². The van der Waals surface area contributed by atoms with E-state index in [0.717, 1.165) is 0 Å². The predicted molar refractivity (Wildman–Crippen MR) is 121 cm³/mol. The first-order chi connectivity index (χ1) is 0. The van der Waals surface area contributed by atoms with E-state index in [1.165, 1.54) is 0 Å². The van der Waals surface area contributed by atoms with Gasteiger partial charge in [0.25, 0.3) is 0 Å². The van der Waals surface area contributed by atoms with Crippen LogP contribution in [0.2, 0.25) is 0 Å². The molecule has 0 heterocycles. The molecule has 0 unspecified atom stereocenters. The van der Waals surface area contributed by atoms with E-state index in [2.05, 4.69) is 0 Å². The van der Waals surface area contributed by atoms with Crippen molar-refractivity contribution in [1.82, 2.24) is 0 Å². The van der Waals surface area contributed by atoms with E-state index in [4.69, 9.17) is 0 Å². The van der Waals surface area contributed by atoms with Crippen LogP contribution < -0.4 is 0 Å². The molecule has 0 aromatic rings. The molecule has 0 bridgehead atoms. The van der Waals surface area contributed by atoms with Crippen molar-refractivity contribution in [2.45, 2.75) is 0 Å². The third kappa shape index (κ3) is 974. The molecule has 0 rings (SSSR count). The molecule has 200 valence electrons. The van der Waals surface area contributed by atoms with Gasteiger partial charge < -0.3 is 137 Å². The summed E-state index contributed by atoms with van der Waals surface area (Å²) in [4.78, 5) is 0. The Morgan fingerprint density at radius 3 is 0.0698 bits per heavy atom. The summed E-state index contributed by atoms with van der Waals surface area (Å²) in [5, 5.41) is 0. The molecule has 0 aromatic heterocycles. The normalized spacial score (nSPS) is 0. The first-order valence-electron chi connectivity index (χ1n) is 0. The third-order valence-corrected chi connectivity index (χ3v) is 0. The van der Waals surface area contributed by atoms with Gasteiger partial charge in [-0.15, -0.1) is 0 Å². The Bertz CT molecular complexity index is 55.9. The Morgan fingerprint density at radius 1 is 0.0698 bits per heavy atom. The molecule has 43 heteroatoms. The van der Waals surface area contributed by atoms with Crippen molar-refractivity contribution in [1.29, 1.82) is 0 Å². The van der Waals surface area contributed by atoms with Crippen LogP contribution in [0.3, 0.4) is 0 Å². The van der Waals surface area contributed by atoms with Crippen molar-refractivity contribution in [2.24, 2.45) is 0 Å². The standard InChI is InChI=1S/14Al.25O.4Sr/q14*+3;25*-2;4*+2. The Balaban J connectivity index is 0. The van der Waals surface area contributed by atoms with Gasteiger partial charge in [-0.1, -0.05) is 0 Å². The van der Waals surface area contributed by atoms with Gasteiger partial charge in [0, 0.05) is 0 Å². The minimum atomic E-state index is 0. The second kappa shape index (κ2) is 1010. The molecule has 0 aliphatic carbocycles. The Hall–Kier alpha value is 12.4. The van der Waals surface area contributed by atoms with E-state index in [1.807, 2.05) is 0 Å². The third-order valence-electron chi connectivity index (χ3n) is 0. The van der Waals surface area contributed by atoms with Crippen LogP contribution in [0.25, 0.3) is 0 Å². The van der Waals surface area contributed by atoms with Gasteiger partial charge >= 0.3 is 425 Å². The maximum Gasteiger partial charge on any atom is 3.00 e. The minimum absolute atomic E-state index is 0. The fourth-order valence-electron chi connectivity index (χ4n) is 0. The smallest absolute Gasteiger partial charge is 2.00 e. The van der Waals surface area contributed by atoms with E-state index in [9.17, 15) is 0 Å². The largest absolute Gasteiger partial charge is 3.00 e. The maximum absolute atomic E-state index is 0. The van der Waals surface area contributed by atoms with E-state index in [1.54, 1.807) is 0 Å². The van der Waals surface area contributed by atoms with Crippen LogP contribution in [0.5, 0.6) is 0 Å². The first-order valence-corrected chi connectivity index (χ1v) is 0. The van der Waals surface area contributed by atoms with E-state index in [-0.39, 0.29) is 562 Å². The van der Waals surface area contributed by atoms with E-state index >= 15 is 0 Å². The van der Waals surface area contributed by atoms with Crippen LogP contribution in [0.1, 0.15) is 0 Å². The maximum atomic E-state index is 0. The van der Waals surface area contributed by atoms with Crippen molar-refractivity contribution < 1.29 is 137 Å². The first kappa shape index (κ1) is 1070. The van der Waals surface area contributed by atoms with Crippen molar-refractivity contribution in [3.8, 4) is 0 Å². The van der Waals surface area contributed by atoms with E-state index in [0.29, 0.717) is 0 Å². The predicted octanol–water partition coefficient (Wildman–Crippen LogP) is -9.82. The summed E-state index contributed by atoms with van der Waals surface area (Å²) in [7, 11) is 0. The average Bonchev–Trinajstić information content (AvgIpc) is 0. The molecule has 0 N–H and O–H groups in total. The SMILES string of the molecule is [Al+3].[Al+3].[Al+3].[Al+3].[Al+3].[Al+3].[Al+3].[Al+3].[Al+3].[Al+3].[Al+3].[Al+3].[Al+3].[Al+3].[O-2].[O-2].[O-2].[O-2].[O-2].[O-2].[O-2].[O-2].[O-2].[O-2].[O-2].[O-2].[O-2].[O-2].[O-2].[O-2].[O-2].[O-2].[O-2].[O-2].[O-2].[O-2].[O-2].[O-2].[O-2].[Sr+2].[Sr+2].[Sr+2].[Sr+2]. The van der Waals surface area contributed by atoms with Crippen molar-refractivity contribution in [3.05, 3.63) is 0 Å². The summed E-state index contributed by atoms with van der Waals surface area (Å²) in [6.07, 6.45) is 0.